The van der Waals surface area contributed by atoms with Crippen molar-refractivity contribution in [2.75, 3.05) is 5.32 Å². The highest BCUT2D eigenvalue weighted by atomic mass is 79.9. The first-order chi connectivity index (χ1) is 9.50. The van der Waals surface area contributed by atoms with Gasteiger partial charge in [0.2, 0.25) is 5.91 Å². The van der Waals surface area contributed by atoms with E-state index in [4.69, 9.17) is 0 Å². The van der Waals surface area contributed by atoms with E-state index in [2.05, 4.69) is 37.2 Å². The molecule has 1 saturated carbocycles. The van der Waals surface area contributed by atoms with Gasteiger partial charge in [0, 0.05) is 8.95 Å². The van der Waals surface area contributed by atoms with E-state index in [1.807, 2.05) is 18.2 Å². The Labute approximate surface area is 134 Å². The number of halogens is 2. The average molecular weight is 405 g/mol. The Morgan fingerprint density at radius 2 is 1.65 bits per heavy atom. The maximum atomic E-state index is 12.4. The summed E-state index contributed by atoms with van der Waals surface area (Å²) in [6, 6.07) is 5.51. The van der Waals surface area contributed by atoms with Crippen LogP contribution in [0.3, 0.4) is 0 Å². The summed E-state index contributed by atoms with van der Waals surface area (Å²) in [5.41, 5.74) is 0.646. The summed E-state index contributed by atoms with van der Waals surface area (Å²) >= 11 is 6.77. The highest BCUT2D eigenvalue weighted by Gasteiger charge is 2.35. The first-order valence-electron chi connectivity index (χ1n) is 6.48. The van der Waals surface area contributed by atoms with Crippen molar-refractivity contribution in [3.63, 3.8) is 0 Å². The van der Waals surface area contributed by atoms with Crippen LogP contribution >= 0.6 is 31.9 Å². The maximum Gasteiger partial charge on any atom is 0.307 e. The fourth-order valence-electron chi connectivity index (χ4n) is 2.57. The van der Waals surface area contributed by atoms with Crippen molar-refractivity contribution in [3.8, 4) is 0 Å². The van der Waals surface area contributed by atoms with Crippen LogP contribution in [-0.4, -0.2) is 17.0 Å². The zero-order valence-corrected chi connectivity index (χ0v) is 13.9. The molecular weight excluding hydrogens is 390 g/mol. The lowest BCUT2D eigenvalue weighted by molar-refractivity contribution is -0.147. The Balaban J connectivity index is 2.16. The van der Waals surface area contributed by atoms with E-state index in [1.54, 1.807) is 0 Å². The van der Waals surface area contributed by atoms with Crippen LogP contribution in [0.25, 0.3) is 0 Å². The van der Waals surface area contributed by atoms with E-state index in [0.717, 1.165) is 21.8 Å². The minimum absolute atomic E-state index is 0.218. The lowest BCUT2D eigenvalue weighted by Crippen LogP contribution is -2.36. The summed E-state index contributed by atoms with van der Waals surface area (Å²) in [6.45, 7) is 0. The number of aliphatic carboxylic acids is 1. The molecule has 1 aromatic rings. The molecule has 0 aromatic heterocycles. The van der Waals surface area contributed by atoms with Crippen LogP contribution in [0.2, 0.25) is 0 Å². The fourth-order valence-corrected chi connectivity index (χ4v) is 3.77. The zero-order valence-electron chi connectivity index (χ0n) is 10.7. The Bertz CT molecular complexity index is 513. The summed E-state index contributed by atoms with van der Waals surface area (Å²) in [6.07, 6.45) is 2.98. The second kappa shape index (κ2) is 6.72. The lowest BCUT2D eigenvalue weighted by atomic mass is 9.78. The monoisotopic (exact) mass is 403 g/mol. The summed E-state index contributed by atoms with van der Waals surface area (Å²) < 4.78 is 1.53. The molecule has 2 N–H and O–H groups in total. The third-order valence-corrected chi connectivity index (χ3v) is 4.95. The van der Waals surface area contributed by atoms with Gasteiger partial charge in [0.25, 0.3) is 0 Å². The van der Waals surface area contributed by atoms with Gasteiger partial charge in [0.05, 0.1) is 17.5 Å². The molecule has 1 aromatic carbocycles. The van der Waals surface area contributed by atoms with Gasteiger partial charge < -0.3 is 10.4 Å². The SMILES string of the molecule is O=C(O)C1CCCCC1C(=O)Nc1c(Br)cccc1Br. The quantitative estimate of drug-likeness (QED) is 0.798. The van der Waals surface area contributed by atoms with Crippen molar-refractivity contribution in [1.29, 1.82) is 0 Å². The molecule has 20 heavy (non-hydrogen) atoms. The summed E-state index contributed by atoms with van der Waals surface area (Å²) in [4.78, 5) is 23.6. The minimum atomic E-state index is -0.879. The van der Waals surface area contributed by atoms with Gasteiger partial charge in [-0.3, -0.25) is 9.59 Å². The van der Waals surface area contributed by atoms with E-state index >= 15 is 0 Å². The molecule has 2 unspecified atom stereocenters. The molecule has 0 aliphatic heterocycles. The first-order valence-corrected chi connectivity index (χ1v) is 8.07. The van der Waals surface area contributed by atoms with Crippen LogP contribution in [0.4, 0.5) is 5.69 Å². The number of amides is 1. The van der Waals surface area contributed by atoms with Crippen LogP contribution in [0.5, 0.6) is 0 Å². The predicted molar refractivity (Wildman–Crippen MR) is 83.6 cm³/mol. The van der Waals surface area contributed by atoms with Crippen LogP contribution in [0, 0.1) is 11.8 Å². The number of anilines is 1. The van der Waals surface area contributed by atoms with Gasteiger partial charge in [0.15, 0.2) is 0 Å². The van der Waals surface area contributed by atoms with Crippen molar-refractivity contribution < 1.29 is 14.7 Å². The van der Waals surface area contributed by atoms with E-state index in [9.17, 15) is 14.7 Å². The number of hydrogen-bond donors (Lipinski definition) is 2. The second-order valence-corrected chi connectivity index (χ2v) is 6.63. The third kappa shape index (κ3) is 3.41. The van der Waals surface area contributed by atoms with Crippen LogP contribution in [0.1, 0.15) is 25.7 Å². The van der Waals surface area contributed by atoms with Crippen molar-refractivity contribution in [3.05, 3.63) is 27.1 Å². The topological polar surface area (TPSA) is 66.4 Å². The van der Waals surface area contributed by atoms with Gasteiger partial charge >= 0.3 is 5.97 Å². The highest BCUT2D eigenvalue weighted by Crippen LogP contribution is 2.34. The van der Waals surface area contributed by atoms with Crippen LogP contribution in [0.15, 0.2) is 27.1 Å². The van der Waals surface area contributed by atoms with E-state index in [0.29, 0.717) is 18.5 Å². The van der Waals surface area contributed by atoms with Gasteiger partial charge in [-0.05, 0) is 56.8 Å². The Hall–Kier alpha value is -0.880. The van der Waals surface area contributed by atoms with Crippen LogP contribution in [-0.2, 0) is 9.59 Å². The number of carbonyl (C=O) groups is 2. The molecule has 2 atom stereocenters. The molecule has 1 fully saturated rings. The Morgan fingerprint density at radius 1 is 1.10 bits per heavy atom. The summed E-state index contributed by atoms with van der Waals surface area (Å²) in [5.74, 6) is -2.13. The van der Waals surface area contributed by atoms with Gasteiger partial charge in [-0.25, -0.2) is 0 Å². The molecule has 0 spiro atoms. The van der Waals surface area contributed by atoms with Gasteiger partial charge in [0.1, 0.15) is 0 Å². The number of carboxylic acid groups (broad SMARTS) is 1. The molecule has 0 saturated heterocycles. The normalized spacial score (nSPS) is 22.3. The number of rotatable bonds is 3. The van der Waals surface area contributed by atoms with Gasteiger partial charge in [-0.1, -0.05) is 18.9 Å². The van der Waals surface area contributed by atoms with Gasteiger partial charge in [-0.2, -0.15) is 0 Å². The van der Waals surface area contributed by atoms with E-state index < -0.39 is 17.8 Å². The summed E-state index contributed by atoms with van der Waals surface area (Å²) in [7, 11) is 0. The van der Waals surface area contributed by atoms with E-state index in [-0.39, 0.29) is 5.91 Å². The fraction of sp³-hybridized carbons (Fsp3) is 0.429. The van der Waals surface area contributed by atoms with Crippen molar-refractivity contribution >= 4 is 49.4 Å². The largest absolute Gasteiger partial charge is 0.481 e. The zero-order chi connectivity index (χ0) is 14.7. The number of carboxylic acids is 1. The molecule has 1 aliphatic rings. The van der Waals surface area contributed by atoms with Gasteiger partial charge in [-0.15, -0.1) is 0 Å². The Kier molecular flexibility index (Phi) is 5.21. The molecule has 4 nitrogen and oxygen atoms in total. The Morgan fingerprint density at radius 3 is 2.20 bits per heavy atom. The molecule has 0 radical (unpaired) electrons. The molecule has 1 amide bonds. The molecule has 6 heteroatoms. The van der Waals surface area contributed by atoms with Crippen molar-refractivity contribution in [2.45, 2.75) is 25.7 Å². The second-order valence-electron chi connectivity index (χ2n) is 4.92. The number of carbonyl (C=O) groups excluding carboxylic acids is 1. The molecule has 1 aliphatic carbocycles. The number of hydrogen-bond acceptors (Lipinski definition) is 2. The predicted octanol–water partition coefficient (Wildman–Crippen LogP) is 4.04. The molecule has 0 heterocycles. The summed E-state index contributed by atoms with van der Waals surface area (Å²) in [5, 5.41) is 12.1. The molecule has 0 bridgehead atoms. The number of para-hydroxylation sites is 1. The van der Waals surface area contributed by atoms with Crippen molar-refractivity contribution in [2.24, 2.45) is 11.8 Å². The first kappa shape index (κ1) is 15.5. The number of benzene rings is 1. The maximum absolute atomic E-state index is 12.4. The van der Waals surface area contributed by atoms with Crippen LogP contribution < -0.4 is 5.32 Å². The molecular formula is C14H15Br2NO3. The average Bonchev–Trinajstić information content (AvgIpc) is 2.43. The highest BCUT2D eigenvalue weighted by molar-refractivity contribution is 9.11. The standard InChI is InChI=1S/C14H15Br2NO3/c15-10-6-3-7-11(16)12(10)17-13(18)8-4-1-2-5-9(8)14(19)20/h3,6-9H,1-2,4-5H2,(H,17,18)(H,19,20). The minimum Gasteiger partial charge on any atom is -0.481 e. The lowest BCUT2D eigenvalue weighted by Gasteiger charge is -2.27. The smallest absolute Gasteiger partial charge is 0.307 e. The molecule has 2 rings (SSSR count). The molecule has 108 valence electrons. The van der Waals surface area contributed by atoms with Crippen molar-refractivity contribution in [1.82, 2.24) is 0 Å². The third-order valence-electron chi connectivity index (χ3n) is 3.63. The number of nitrogens with one attached hydrogen (secondary N) is 1. The van der Waals surface area contributed by atoms with E-state index in [1.165, 1.54) is 0 Å².